The Bertz CT molecular complexity index is 2700. The smallest absolute Gasteiger partial charge is 0.0555 e. The van der Waals surface area contributed by atoms with Crippen LogP contribution in [0.2, 0.25) is 0 Å². The molecule has 0 aliphatic carbocycles. The van der Waals surface area contributed by atoms with Gasteiger partial charge in [-0.05, 0) is 65.7 Å². The Labute approximate surface area is 263 Å². The van der Waals surface area contributed by atoms with Crippen molar-refractivity contribution in [1.29, 1.82) is 0 Å². The molecule has 0 aliphatic rings. The maximum atomic E-state index is 2.42. The molecule has 0 spiro atoms. The van der Waals surface area contributed by atoms with Crippen LogP contribution in [0, 0.1) is 0 Å². The average Bonchev–Trinajstić information content (AvgIpc) is 3.76. The van der Waals surface area contributed by atoms with Crippen LogP contribution in [-0.4, -0.2) is 9.13 Å². The Morgan fingerprint density at radius 1 is 0.356 bits per heavy atom. The number of fused-ring (bicyclic) bond motifs is 10. The molecule has 7 aromatic carbocycles. The molecule has 0 atom stereocenters. The molecule has 3 heterocycles. The van der Waals surface area contributed by atoms with Gasteiger partial charge in [0, 0.05) is 53.1 Å². The Hall–Kier alpha value is -5.64. The minimum absolute atomic E-state index is 1.17. The highest BCUT2D eigenvalue weighted by Crippen LogP contribution is 2.43. The molecule has 0 aliphatic heterocycles. The zero-order valence-electron chi connectivity index (χ0n) is 24.3. The molecule has 10 rings (SSSR count). The van der Waals surface area contributed by atoms with E-state index in [0.29, 0.717) is 0 Å². The molecule has 0 unspecified atom stereocenters. The quantitative estimate of drug-likeness (QED) is 0.194. The van der Waals surface area contributed by atoms with E-state index in [0.717, 1.165) is 0 Å². The van der Waals surface area contributed by atoms with E-state index in [9.17, 15) is 0 Å². The maximum absolute atomic E-state index is 2.42. The number of rotatable bonds is 3. The van der Waals surface area contributed by atoms with Gasteiger partial charge in [-0.25, -0.2) is 0 Å². The van der Waals surface area contributed by atoms with Gasteiger partial charge in [-0.15, -0.1) is 11.3 Å². The van der Waals surface area contributed by atoms with Gasteiger partial charge in [-0.2, -0.15) is 0 Å². The predicted octanol–water partition coefficient (Wildman–Crippen LogP) is 11.9. The van der Waals surface area contributed by atoms with E-state index in [4.69, 9.17) is 0 Å². The molecule has 0 saturated heterocycles. The molecule has 0 amide bonds. The standard InChI is InChI=1S/C42H26N2S/c1-5-16-36-31(12-1)32-13-2-6-17-37(32)44(36)30-11-9-10-28(26-30)27-20-22-29(23-21-27)43-38-18-7-3-15-35(38)41-39(43)25-24-34-33-14-4-8-19-40(33)45-42(34)41/h1-26H. The molecule has 10 aromatic rings. The van der Waals surface area contributed by atoms with Crippen molar-refractivity contribution in [3.05, 3.63) is 158 Å². The van der Waals surface area contributed by atoms with Gasteiger partial charge in [0.15, 0.2) is 0 Å². The summed E-state index contributed by atoms with van der Waals surface area (Å²) in [5.74, 6) is 0. The molecule has 2 nitrogen and oxygen atoms in total. The van der Waals surface area contributed by atoms with E-state index in [-0.39, 0.29) is 0 Å². The Morgan fingerprint density at radius 2 is 0.956 bits per heavy atom. The second-order valence-corrected chi connectivity index (χ2v) is 12.8. The molecular weight excluding hydrogens is 565 g/mol. The van der Waals surface area contributed by atoms with Crippen LogP contribution in [0.25, 0.3) is 86.3 Å². The summed E-state index contributed by atoms with van der Waals surface area (Å²) >= 11 is 1.90. The number of benzene rings is 7. The van der Waals surface area contributed by atoms with Crippen molar-refractivity contribution in [1.82, 2.24) is 9.13 Å². The molecule has 0 bridgehead atoms. The van der Waals surface area contributed by atoms with Crippen molar-refractivity contribution in [2.75, 3.05) is 0 Å². The zero-order chi connectivity index (χ0) is 29.5. The van der Waals surface area contributed by atoms with Gasteiger partial charge in [0.25, 0.3) is 0 Å². The third-order valence-corrected chi connectivity index (χ3v) is 10.5. The fourth-order valence-electron chi connectivity index (χ4n) is 7.34. The van der Waals surface area contributed by atoms with Gasteiger partial charge in [0.05, 0.1) is 22.1 Å². The van der Waals surface area contributed by atoms with Gasteiger partial charge in [-0.3, -0.25) is 0 Å². The molecule has 0 saturated carbocycles. The first kappa shape index (κ1) is 24.8. The van der Waals surface area contributed by atoms with E-state index in [2.05, 4.69) is 167 Å². The number of hydrogen-bond donors (Lipinski definition) is 0. The van der Waals surface area contributed by atoms with Crippen molar-refractivity contribution in [2.24, 2.45) is 0 Å². The number of aromatic nitrogens is 2. The highest BCUT2D eigenvalue weighted by Gasteiger charge is 2.17. The SMILES string of the molecule is c1cc(-c2ccc(-n3c4ccccc4c4c5sc6ccccc6c5ccc43)cc2)cc(-n2c3ccccc3c3ccccc32)c1. The average molecular weight is 591 g/mol. The monoisotopic (exact) mass is 590 g/mol. The maximum Gasteiger partial charge on any atom is 0.0555 e. The first-order valence-electron chi connectivity index (χ1n) is 15.4. The van der Waals surface area contributed by atoms with Crippen molar-refractivity contribution in [2.45, 2.75) is 0 Å². The van der Waals surface area contributed by atoms with Crippen molar-refractivity contribution < 1.29 is 0 Å². The van der Waals surface area contributed by atoms with Gasteiger partial charge in [0.1, 0.15) is 0 Å². The van der Waals surface area contributed by atoms with Crippen LogP contribution >= 0.6 is 11.3 Å². The van der Waals surface area contributed by atoms with E-state index < -0.39 is 0 Å². The van der Waals surface area contributed by atoms with Crippen LogP contribution in [0.3, 0.4) is 0 Å². The third-order valence-electron chi connectivity index (χ3n) is 9.32. The number of thiophene rings is 1. The van der Waals surface area contributed by atoms with E-state index in [1.807, 2.05) is 11.3 Å². The van der Waals surface area contributed by atoms with Crippen LogP contribution in [0.4, 0.5) is 0 Å². The van der Waals surface area contributed by atoms with Gasteiger partial charge >= 0.3 is 0 Å². The lowest BCUT2D eigenvalue weighted by atomic mass is 10.0. The predicted molar refractivity (Wildman–Crippen MR) is 193 cm³/mol. The fourth-order valence-corrected chi connectivity index (χ4v) is 8.60. The highest BCUT2D eigenvalue weighted by atomic mass is 32.1. The van der Waals surface area contributed by atoms with Gasteiger partial charge in [-0.1, -0.05) is 103 Å². The summed E-state index contributed by atoms with van der Waals surface area (Å²) in [6.45, 7) is 0. The van der Waals surface area contributed by atoms with Gasteiger partial charge < -0.3 is 9.13 Å². The van der Waals surface area contributed by atoms with E-state index in [1.54, 1.807) is 0 Å². The summed E-state index contributed by atoms with van der Waals surface area (Å²) in [4.78, 5) is 0. The van der Waals surface area contributed by atoms with Crippen LogP contribution in [0.1, 0.15) is 0 Å². The first-order valence-corrected chi connectivity index (χ1v) is 16.2. The summed E-state index contributed by atoms with van der Waals surface area (Å²) in [5.41, 5.74) is 9.68. The first-order chi connectivity index (χ1) is 22.3. The minimum Gasteiger partial charge on any atom is -0.309 e. The Kier molecular flexibility index (Phi) is 5.19. The van der Waals surface area contributed by atoms with Crippen molar-refractivity contribution >= 4 is 75.1 Å². The summed E-state index contributed by atoms with van der Waals surface area (Å²) in [6, 6.07) is 57.5. The molecular formula is C42H26N2S. The van der Waals surface area contributed by atoms with Crippen LogP contribution < -0.4 is 0 Å². The summed E-state index contributed by atoms with van der Waals surface area (Å²) in [7, 11) is 0. The fraction of sp³-hybridized carbons (Fsp3) is 0. The molecule has 210 valence electrons. The second-order valence-electron chi connectivity index (χ2n) is 11.8. The zero-order valence-corrected chi connectivity index (χ0v) is 25.1. The van der Waals surface area contributed by atoms with Crippen molar-refractivity contribution in [3.63, 3.8) is 0 Å². The highest BCUT2D eigenvalue weighted by molar-refractivity contribution is 7.26. The van der Waals surface area contributed by atoms with E-state index in [1.165, 1.54) is 86.3 Å². The molecule has 0 N–H and O–H groups in total. The largest absolute Gasteiger partial charge is 0.309 e. The Balaban J connectivity index is 1.12. The van der Waals surface area contributed by atoms with Crippen LogP contribution in [0.5, 0.6) is 0 Å². The number of para-hydroxylation sites is 3. The minimum atomic E-state index is 1.17. The second kappa shape index (κ2) is 9.43. The van der Waals surface area contributed by atoms with Gasteiger partial charge in [0.2, 0.25) is 0 Å². The number of hydrogen-bond acceptors (Lipinski definition) is 1. The molecule has 45 heavy (non-hydrogen) atoms. The molecule has 3 heteroatoms. The van der Waals surface area contributed by atoms with E-state index >= 15 is 0 Å². The lowest BCUT2D eigenvalue weighted by Gasteiger charge is -2.12. The summed E-state index contributed by atoms with van der Waals surface area (Å²) in [5, 5.41) is 7.87. The van der Waals surface area contributed by atoms with Crippen LogP contribution in [-0.2, 0) is 0 Å². The lowest BCUT2D eigenvalue weighted by Crippen LogP contribution is -1.95. The topological polar surface area (TPSA) is 9.86 Å². The number of nitrogens with zero attached hydrogens (tertiary/aromatic N) is 2. The molecule has 3 aromatic heterocycles. The Morgan fingerprint density at radius 3 is 1.69 bits per heavy atom. The summed E-state index contributed by atoms with van der Waals surface area (Å²) in [6.07, 6.45) is 0. The molecule has 0 radical (unpaired) electrons. The van der Waals surface area contributed by atoms with Crippen molar-refractivity contribution in [3.8, 4) is 22.5 Å². The summed E-state index contributed by atoms with van der Waals surface area (Å²) < 4.78 is 7.51. The molecule has 0 fully saturated rings. The lowest BCUT2D eigenvalue weighted by molar-refractivity contribution is 1.18. The van der Waals surface area contributed by atoms with Crippen LogP contribution in [0.15, 0.2) is 158 Å². The normalized spacial score (nSPS) is 12.0. The third kappa shape index (κ3) is 3.56.